The van der Waals surface area contributed by atoms with Gasteiger partial charge in [-0.25, -0.2) is 19.7 Å². The van der Waals surface area contributed by atoms with Gasteiger partial charge in [-0.05, 0) is 30.7 Å². The number of nitrogens with one attached hydrogen (secondary N) is 1. The van der Waals surface area contributed by atoms with Gasteiger partial charge in [-0.2, -0.15) is 13.2 Å². The van der Waals surface area contributed by atoms with E-state index in [-0.39, 0.29) is 29.9 Å². The number of hydrogen-bond donors (Lipinski definition) is 3. The number of hydrogen-bond acceptors (Lipinski definition) is 8. The van der Waals surface area contributed by atoms with Gasteiger partial charge in [0.2, 0.25) is 0 Å². The summed E-state index contributed by atoms with van der Waals surface area (Å²) in [6, 6.07) is 7.16. The van der Waals surface area contributed by atoms with Gasteiger partial charge >= 0.3 is 12.2 Å². The van der Waals surface area contributed by atoms with Gasteiger partial charge in [0.25, 0.3) is 0 Å². The topological polar surface area (TPSA) is 124 Å². The highest BCUT2D eigenvalue weighted by atomic mass is 19.4. The van der Waals surface area contributed by atoms with Crippen LogP contribution in [0.2, 0.25) is 0 Å². The predicted molar refractivity (Wildman–Crippen MR) is 127 cm³/mol. The summed E-state index contributed by atoms with van der Waals surface area (Å²) in [4.78, 5) is 29.9. The van der Waals surface area contributed by atoms with Crippen LogP contribution in [0.4, 0.5) is 35.3 Å². The van der Waals surface area contributed by atoms with Gasteiger partial charge in [0.05, 0.1) is 36.3 Å². The van der Waals surface area contributed by atoms with Crippen LogP contribution >= 0.6 is 0 Å². The summed E-state index contributed by atoms with van der Waals surface area (Å²) in [5.41, 5.74) is 0.00219. The van der Waals surface area contributed by atoms with Crippen LogP contribution in [0.15, 0.2) is 48.8 Å². The Hall–Kier alpha value is -3.97. The minimum absolute atomic E-state index is 0.0786. The predicted octanol–water partition coefficient (Wildman–Crippen LogP) is 2.92. The first kappa shape index (κ1) is 24.7. The number of pyridine rings is 1. The molecule has 0 saturated carbocycles. The molecule has 194 valence electrons. The molecule has 3 N–H and O–H groups in total. The van der Waals surface area contributed by atoms with Gasteiger partial charge in [-0.15, -0.1) is 0 Å². The number of halogens is 3. The Kier molecular flexibility index (Phi) is 6.56. The number of amides is 2. The lowest BCUT2D eigenvalue weighted by Crippen LogP contribution is -2.48. The summed E-state index contributed by atoms with van der Waals surface area (Å²) in [5, 5.41) is 21.0. The number of benzene rings is 1. The van der Waals surface area contributed by atoms with E-state index in [4.69, 9.17) is 9.84 Å². The lowest BCUT2D eigenvalue weighted by molar-refractivity contribution is -0.137. The number of carbonyl (C=O) groups is 1. The second kappa shape index (κ2) is 9.82. The minimum Gasteiger partial charge on any atom is -0.489 e. The summed E-state index contributed by atoms with van der Waals surface area (Å²) < 4.78 is 45.0. The molecule has 0 spiro atoms. The number of carbonyl (C=O) groups excluding carboxylic acids is 1. The van der Waals surface area contributed by atoms with E-state index in [1.165, 1.54) is 35.5 Å². The number of rotatable bonds is 6. The average Bonchev–Trinajstić information content (AvgIpc) is 3.31. The van der Waals surface area contributed by atoms with Gasteiger partial charge in [-0.3, -0.25) is 10.2 Å². The van der Waals surface area contributed by atoms with Crippen molar-refractivity contribution < 1.29 is 32.9 Å². The zero-order valence-electron chi connectivity index (χ0n) is 19.4. The Bertz CT molecular complexity index is 1290. The molecule has 1 aromatic carbocycles. The SMILES string of the molecule is O=C(Nc1ccc(OC[C@@H](O)CO)cn1)N1c2nc(-c3cccc(C(F)(F)F)c3)ncc2N2CCC1C2. The molecule has 0 aliphatic carbocycles. The second-order valence-electron chi connectivity index (χ2n) is 8.70. The fraction of sp³-hybridized carbons (Fsp3) is 0.333. The molecule has 2 aromatic heterocycles. The molecule has 37 heavy (non-hydrogen) atoms. The molecular weight excluding hydrogens is 493 g/mol. The van der Waals surface area contributed by atoms with Crippen molar-refractivity contribution in [3.05, 3.63) is 54.4 Å². The Balaban J connectivity index is 1.39. The fourth-order valence-electron chi connectivity index (χ4n) is 4.30. The molecule has 1 saturated heterocycles. The molecule has 2 amide bonds. The van der Waals surface area contributed by atoms with Crippen molar-refractivity contribution in [3.63, 3.8) is 0 Å². The smallest absolute Gasteiger partial charge is 0.416 e. The van der Waals surface area contributed by atoms with Crippen molar-refractivity contribution in [1.82, 2.24) is 15.0 Å². The van der Waals surface area contributed by atoms with E-state index in [9.17, 15) is 23.1 Å². The first-order chi connectivity index (χ1) is 17.7. The molecule has 2 bridgehead atoms. The zero-order valence-corrected chi connectivity index (χ0v) is 19.4. The van der Waals surface area contributed by atoms with E-state index in [0.717, 1.165) is 12.1 Å². The maximum atomic E-state index is 13.3. The van der Waals surface area contributed by atoms with Crippen molar-refractivity contribution in [2.24, 2.45) is 0 Å². The summed E-state index contributed by atoms with van der Waals surface area (Å²) >= 11 is 0. The van der Waals surface area contributed by atoms with E-state index in [1.807, 2.05) is 4.90 Å². The molecule has 2 aliphatic heterocycles. The highest BCUT2D eigenvalue weighted by Gasteiger charge is 2.41. The van der Waals surface area contributed by atoms with E-state index >= 15 is 0 Å². The van der Waals surface area contributed by atoms with E-state index in [1.54, 1.807) is 6.07 Å². The molecule has 0 radical (unpaired) electrons. The van der Waals surface area contributed by atoms with Crippen LogP contribution in [0, 0.1) is 0 Å². The van der Waals surface area contributed by atoms with Crippen LogP contribution in [0.1, 0.15) is 12.0 Å². The van der Waals surface area contributed by atoms with Gasteiger partial charge in [-0.1, -0.05) is 12.1 Å². The van der Waals surface area contributed by atoms with Crippen LogP contribution in [0.3, 0.4) is 0 Å². The summed E-state index contributed by atoms with van der Waals surface area (Å²) in [6.07, 6.45) is -1.93. The molecule has 2 aliphatic rings. The minimum atomic E-state index is -4.51. The van der Waals surface area contributed by atoms with E-state index in [0.29, 0.717) is 36.8 Å². The summed E-state index contributed by atoms with van der Waals surface area (Å²) in [7, 11) is 0. The van der Waals surface area contributed by atoms with Crippen LogP contribution in [-0.4, -0.2) is 69.6 Å². The van der Waals surface area contributed by atoms with E-state index in [2.05, 4.69) is 20.3 Å². The molecule has 13 heteroatoms. The Morgan fingerprint density at radius 3 is 2.78 bits per heavy atom. The molecule has 5 rings (SSSR count). The molecular formula is C24H23F3N6O4. The molecule has 4 heterocycles. The highest BCUT2D eigenvalue weighted by Crippen LogP contribution is 2.40. The number of fused-ring (bicyclic) bond motifs is 4. The van der Waals surface area contributed by atoms with Crippen molar-refractivity contribution in [3.8, 4) is 17.1 Å². The Morgan fingerprint density at radius 1 is 1.22 bits per heavy atom. The third kappa shape index (κ3) is 5.13. The monoisotopic (exact) mass is 516 g/mol. The van der Waals surface area contributed by atoms with Crippen molar-refractivity contribution in [2.45, 2.75) is 24.7 Å². The number of aliphatic hydroxyl groups is 2. The fourth-order valence-corrected chi connectivity index (χ4v) is 4.30. The molecule has 1 fully saturated rings. The maximum Gasteiger partial charge on any atom is 0.416 e. The van der Waals surface area contributed by atoms with Gasteiger partial charge in [0, 0.05) is 18.7 Å². The number of anilines is 3. The standard InChI is InChI=1S/C24H23F3N6O4/c25-24(26,27)15-3-1-2-14(8-15)21-29-10-19-22(31-21)33(16-6-7-32(19)11-16)23(36)30-20-5-4-18(9-28-20)37-13-17(35)12-34/h1-5,8-10,16-17,34-35H,6-7,11-13H2,(H,28,30,36)/t16?,17-/m0/s1. The van der Waals surface area contributed by atoms with E-state index < -0.39 is 30.5 Å². The van der Waals surface area contributed by atoms with Gasteiger partial charge in [0.1, 0.15) is 24.3 Å². The van der Waals surface area contributed by atoms with Crippen LogP contribution in [0.25, 0.3) is 11.4 Å². The first-order valence-corrected chi connectivity index (χ1v) is 11.5. The largest absolute Gasteiger partial charge is 0.489 e. The number of nitrogens with zero attached hydrogens (tertiary/aromatic N) is 5. The number of urea groups is 1. The lowest BCUT2D eigenvalue weighted by Gasteiger charge is -2.35. The molecule has 2 atom stereocenters. The van der Waals surface area contributed by atoms with Crippen molar-refractivity contribution >= 4 is 23.4 Å². The van der Waals surface area contributed by atoms with Crippen molar-refractivity contribution in [1.29, 1.82) is 0 Å². The van der Waals surface area contributed by atoms with Crippen LogP contribution in [0.5, 0.6) is 5.75 Å². The number of aliphatic hydroxyl groups excluding tert-OH is 2. The average molecular weight is 516 g/mol. The van der Waals surface area contributed by atoms with Crippen LogP contribution < -0.4 is 19.9 Å². The van der Waals surface area contributed by atoms with Crippen molar-refractivity contribution in [2.75, 3.05) is 41.4 Å². The highest BCUT2D eigenvalue weighted by molar-refractivity contribution is 6.04. The molecule has 3 aromatic rings. The second-order valence-corrected chi connectivity index (χ2v) is 8.70. The number of alkyl halides is 3. The summed E-state index contributed by atoms with van der Waals surface area (Å²) in [6.45, 7) is 0.731. The van der Waals surface area contributed by atoms with Gasteiger partial charge in [0.15, 0.2) is 11.6 Å². The normalized spacial score (nSPS) is 17.4. The third-order valence-electron chi connectivity index (χ3n) is 6.14. The quantitative estimate of drug-likeness (QED) is 0.457. The number of ether oxygens (including phenoxy) is 1. The Labute approximate surface area is 209 Å². The van der Waals surface area contributed by atoms with Crippen LogP contribution in [-0.2, 0) is 6.18 Å². The number of aromatic nitrogens is 3. The first-order valence-electron chi connectivity index (χ1n) is 11.5. The Morgan fingerprint density at radius 2 is 2.05 bits per heavy atom. The lowest BCUT2D eigenvalue weighted by atomic mass is 10.1. The molecule has 1 unspecified atom stereocenters. The zero-order chi connectivity index (χ0) is 26.2. The summed E-state index contributed by atoms with van der Waals surface area (Å²) in [5.74, 6) is 0.981. The third-order valence-corrected chi connectivity index (χ3v) is 6.14. The van der Waals surface area contributed by atoms with Gasteiger partial charge < -0.3 is 19.8 Å². The maximum absolute atomic E-state index is 13.3. The molecule has 10 nitrogen and oxygen atoms in total.